The van der Waals surface area contributed by atoms with E-state index in [1.54, 1.807) is 15.6 Å². The summed E-state index contributed by atoms with van der Waals surface area (Å²) in [5.41, 5.74) is 1.14. The molecule has 31 heavy (non-hydrogen) atoms. The number of ether oxygens (including phenoxy) is 1. The molecule has 12 heteroatoms. The van der Waals surface area contributed by atoms with Crippen LogP contribution in [0.3, 0.4) is 0 Å². The topological polar surface area (TPSA) is 78.1 Å². The largest absolute Gasteiger partial charge is 0.365 e. The third kappa shape index (κ3) is 4.42. The molecule has 1 aliphatic rings. The lowest BCUT2D eigenvalue weighted by Crippen LogP contribution is -2.53. The van der Waals surface area contributed by atoms with Crippen molar-refractivity contribution in [3.63, 3.8) is 0 Å². The summed E-state index contributed by atoms with van der Waals surface area (Å²) < 4.78 is 46.1. The maximum atomic E-state index is 14.4. The molecule has 0 spiro atoms. The van der Waals surface area contributed by atoms with Gasteiger partial charge in [0.05, 0.1) is 30.2 Å². The van der Waals surface area contributed by atoms with Crippen molar-refractivity contribution in [3.05, 3.63) is 57.3 Å². The Kier molecular flexibility index (Phi) is 5.96. The van der Waals surface area contributed by atoms with E-state index in [-0.39, 0.29) is 30.2 Å². The van der Waals surface area contributed by atoms with E-state index in [9.17, 15) is 18.0 Å². The third-order valence-electron chi connectivity index (χ3n) is 4.99. The fourth-order valence-corrected chi connectivity index (χ4v) is 3.53. The highest BCUT2D eigenvalue weighted by atomic mass is 35.5. The summed E-state index contributed by atoms with van der Waals surface area (Å²) in [5.74, 6) is -0.550. The Morgan fingerprint density at radius 2 is 2.03 bits per heavy atom. The summed E-state index contributed by atoms with van der Waals surface area (Å²) in [6.45, 7) is 0.0126. The van der Waals surface area contributed by atoms with Gasteiger partial charge in [0.2, 0.25) is 0 Å². The van der Waals surface area contributed by atoms with Crippen molar-refractivity contribution in [2.75, 3.05) is 18.0 Å². The van der Waals surface area contributed by atoms with Gasteiger partial charge in [-0.1, -0.05) is 16.8 Å². The fraction of sp³-hybridized carbons (Fsp3) is 0.368. The molecule has 3 heterocycles. The number of benzene rings is 1. The van der Waals surface area contributed by atoms with E-state index < -0.39 is 24.1 Å². The van der Waals surface area contributed by atoms with Crippen LogP contribution in [0.1, 0.15) is 12.6 Å². The van der Waals surface area contributed by atoms with Crippen molar-refractivity contribution in [1.82, 2.24) is 24.8 Å². The summed E-state index contributed by atoms with van der Waals surface area (Å²) in [4.78, 5) is 14.3. The second-order valence-electron chi connectivity index (χ2n) is 6.96. The maximum Gasteiger partial charge on any atom is 0.345 e. The Bertz CT molecular complexity index is 1150. The Balaban J connectivity index is 1.57. The lowest BCUT2D eigenvalue weighted by molar-refractivity contribution is -0.167. The van der Waals surface area contributed by atoms with Crippen molar-refractivity contribution in [2.24, 2.45) is 0 Å². The van der Waals surface area contributed by atoms with Crippen LogP contribution in [0.5, 0.6) is 0 Å². The molecule has 2 aromatic heterocycles. The second-order valence-corrected chi connectivity index (χ2v) is 7.39. The maximum absolute atomic E-state index is 14.4. The molecule has 0 saturated carbocycles. The summed E-state index contributed by atoms with van der Waals surface area (Å²) in [6.07, 6.45) is 0.895. The first-order chi connectivity index (χ1) is 14.9. The van der Waals surface area contributed by atoms with E-state index in [2.05, 4.69) is 20.1 Å². The Morgan fingerprint density at radius 3 is 2.68 bits per heavy atom. The highest BCUT2D eigenvalue weighted by Gasteiger charge is 2.30. The van der Waals surface area contributed by atoms with E-state index >= 15 is 0 Å². The molecule has 1 aromatic carbocycles. The second kappa shape index (κ2) is 8.67. The Morgan fingerprint density at radius 1 is 1.26 bits per heavy atom. The molecule has 164 valence electrons. The van der Waals surface area contributed by atoms with Crippen LogP contribution in [0.2, 0.25) is 5.02 Å². The van der Waals surface area contributed by atoms with Gasteiger partial charge in [0, 0.05) is 36.3 Å². The zero-order valence-corrected chi connectivity index (χ0v) is 17.1. The van der Waals surface area contributed by atoms with Crippen LogP contribution in [0.15, 0.2) is 35.3 Å². The molecule has 0 N–H and O–H groups in total. The summed E-state index contributed by atoms with van der Waals surface area (Å²) in [5, 5.41) is 12.6. The molecule has 1 saturated heterocycles. The zero-order valence-electron chi connectivity index (χ0n) is 16.4. The van der Waals surface area contributed by atoms with Crippen molar-refractivity contribution in [3.8, 4) is 11.3 Å². The number of anilines is 1. The predicted molar refractivity (Wildman–Crippen MR) is 107 cm³/mol. The van der Waals surface area contributed by atoms with Gasteiger partial charge in [0.25, 0.3) is 5.56 Å². The summed E-state index contributed by atoms with van der Waals surface area (Å²) in [7, 11) is 0. The van der Waals surface area contributed by atoms with Crippen LogP contribution in [0.4, 0.5) is 18.9 Å². The molecule has 0 amide bonds. The van der Waals surface area contributed by atoms with Crippen LogP contribution in [-0.2, 0) is 17.8 Å². The smallest absolute Gasteiger partial charge is 0.345 e. The number of hydrogen-bond acceptors (Lipinski definition) is 6. The first-order valence-corrected chi connectivity index (χ1v) is 9.87. The quantitative estimate of drug-likeness (QED) is 0.546. The Hall–Kier alpha value is -2.92. The van der Waals surface area contributed by atoms with E-state index in [1.807, 2.05) is 6.92 Å². The van der Waals surface area contributed by atoms with Crippen molar-refractivity contribution >= 4 is 17.3 Å². The summed E-state index contributed by atoms with van der Waals surface area (Å²) >= 11 is 5.83. The number of hydrogen-bond donors (Lipinski definition) is 0. The van der Waals surface area contributed by atoms with Gasteiger partial charge in [-0.2, -0.15) is 13.9 Å². The number of nitrogens with zero attached hydrogens (tertiary/aromatic N) is 6. The molecular formula is C19H18ClF3N6O2. The lowest BCUT2D eigenvalue weighted by Gasteiger charge is -2.39. The van der Waals surface area contributed by atoms with Crippen LogP contribution < -0.4 is 10.5 Å². The zero-order chi connectivity index (χ0) is 22.1. The minimum Gasteiger partial charge on any atom is -0.365 e. The first kappa shape index (κ1) is 21.3. The monoisotopic (exact) mass is 454 g/mol. The molecule has 0 unspecified atom stereocenters. The molecule has 0 atom stereocenters. The highest BCUT2D eigenvalue weighted by Crippen LogP contribution is 2.27. The molecule has 0 bridgehead atoms. The standard InChI is InChI=1S/C19H18ClF3N6O2/c1-2-28-16(18(25-26-28)14-4-3-11(20)5-15(14)21)10-29-17(30)6-12(7-24-29)27-8-13(9-27)31-19(22)23/h3-7,13,19H,2,8-10H2,1H3. The van der Waals surface area contributed by atoms with Gasteiger partial charge in [-0.3, -0.25) is 4.79 Å². The molecule has 4 rings (SSSR count). The van der Waals surface area contributed by atoms with Crippen molar-refractivity contribution in [1.29, 1.82) is 0 Å². The van der Waals surface area contributed by atoms with Crippen molar-refractivity contribution < 1.29 is 17.9 Å². The van der Waals surface area contributed by atoms with Crippen LogP contribution in [-0.4, -0.2) is 50.6 Å². The van der Waals surface area contributed by atoms with Gasteiger partial charge in [0.15, 0.2) is 0 Å². The van der Waals surface area contributed by atoms with Gasteiger partial charge in [-0.05, 0) is 25.1 Å². The predicted octanol–water partition coefficient (Wildman–Crippen LogP) is 2.79. The molecule has 3 aromatic rings. The minimum absolute atomic E-state index is 0.0223. The molecule has 0 radical (unpaired) electrons. The van der Waals surface area contributed by atoms with E-state index in [0.717, 1.165) is 0 Å². The lowest BCUT2D eigenvalue weighted by atomic mass is 10.1. The summed E-state index contributed by atoms with van der Waals surface area (Å²) in [6, 6.07) is 5.61. The third-order valence-corrected chi connectivity index (χ3v) is 5.22. The van der Waals surface area contributed by atoms with Crippen LogP contribution in [0, 0.1) is 5.82 Å². The number of aryl methyl sites for hydroxylation is 1. The fourth-order valence-electron chi connectivity index (χ4n) is 3.37. The van der Waals surface area contributed by atoms with Gasteiger partial charge in [-0.15, -0.1) is 5.10 Å². The highest BCUT2D eigenvalue weighted by molar-refractivity contribution is 6.30. The molecular weight excluding hydrogens is 437 g/mol. The molecule has 8 nitrogen and oxygen atoms in total. The van der Waals surface area contributed by atoms with Gasteiger partial charge >= 0.3 is 6.61 Å². The van der Waals surface area contributed by atoms with Crippen LogP contribution >= 0.6 is 11.6 Å². The minimum atomic E-state index is -2.82. The molecule has 1 fully saturated rings. The first-order valence-electron chi connectivity index (χ1n) is 9.49. The van der Waals surface area contributed by atoms with Gasteiger partial charge in [-0.25, -0.2) is 13.8 Å². The van der Waals surface area contributed by atoms with E-state index in [4.69, 9.17) is 11.6 Å². The van der Waals surface area contributed by atoms with Gasteiger partial charge in [0.1, 0.15) is 11.5 Å². The average molecular weight is 455 g/mol. The Labute approximate surface area is 179 Å². The molecule has 1 aliphatic heterocycles. The number of aromatic nitrogens is 5. The number of alkyl halides is 2. The molecule has 0 aliphatic carbocycles. The van der Waals surface area contributed by atoms with E-state index in [0.29, 0.717) is 23.6 Å². The van der Waals surface area contributed by atoms with Crippen LogP contribution in [0.25, 0.3) is 11.3 Å². The van der Waals surface area contributed by atoms with Crippen molar-refractivity contribution in [2.45, 2.75) is 32.7 Å². The van der Waals surface area contributed by atoms with E-state index in [1.165, 1.54) is 29.1 Å². The normalized spacial score (nSPS) is 14.3. The SMILES string of the molecule is CCn1nnc(-c2ccc(Cl)cc2F)c1Cn1ncc(N2CC(OC(F)F)C2)cc1=O. The number of halogens is 4. The number of rotatable bonds is 7. The average Bonchev–Trinajstić information content (AvgIpc) is 3.08. The van der Waals surface area contributed by atoms with Gasteiger partial charge < -0.3 is 9.64 Å².